The summed E-state index contributed by atoms with van der Waals surface area (Å²) >= 11 is 0. The number of pyridine rings is 1. The standard InChI is InChI=1S/C37H31F3N6O4S/c1-4-51(48,49)44-29-16-32-25(33(37(47)41-3)35(50-32)20-8-10-21(38)11-9-20)14-24(29)27-12-13-28-34(42-27)31-15-23-26(40)6-5-7-30(23)46(31)36(43-28)19(2)45-17-22(39)18-45/h5-16,19,22,44H,4,17-18H2,1-3H3,(H,41,47). The lowest BCUT2D eigenvalue weighted by atomic mass is 10.0. The Labute approximate surface area is 289 Å². The van der Waals surface area contributed by atoms with E-state index in [2.05, 4.69) is 10.0 Å². The van der Waals surface area contributed by atoms with Crippen LogP contribution in [0.4, 0.5) is 18.9 Å². The molecule has 7 aromatic rings. The Balaban J connectivity index is 1.39. The highest BCUT2D eigenvalue weighted by Gasteiger charge is 2.33. The summed E-state index contributed by atoms with van der Waals surface area (Å²) in [7, 11) is -2.33. The average molecular weight is 713 g/mol. The number of likely N-dealkylation sites (tertiary alicyclic amines) is 1. The lowest BCUT2D eigenvalue weighted by molar-refractivity contribution is 0.0300. The summed E-state index contributed by atoms with van der Waals surface area (Å²) in [5.41, 5.74) is 3.70. The molecule has 1 saturated heterocycles. The number of nitrogens with zero attached hydrogens (tertiary/aromatic N) is 4. The molecule has 3 aromatic carbocycles. The highest BCUT2D eigenvalue weighted by molar-refractivity contribution is 7.92. The van der Waals surface area contributed by atoms with Gasteiger partial charge in [-0.25, -0.2) is 31.6 Å². The maximum Gasteiger partial charge on any atom is 0.255 e. The van der Waals surface area contributed by atoms with Gasteiger partial charge in [-0.05, 0) is 74.5 Å². The van der Waals surface area contributed by atoms with E-state index in [1.807, 2.05) is 16.2 Å². The van der Waals surface area contributed by atoms with Gasteiger partial charge >= 0.3 is 0 Å². The van der Waals surface area contributed by atoms with Crippen molar-refractivity contribution in [1.29, 1.82) is 0 Å². The van der Waals surface area contributed by atoms with Crippen molar-refractivity contribution in [3.8, 4) is 22.6 Å². The van der Waals surface area contributed by atoms with Gasteiger partial charge < -0.3 is 9.73 Å². The largest absolute Gasteiger partial charge is 0.455 e. The molecule has 0 bridgehead atoms. The number of sulfonamides is 1. The molecule has 0 aliphatic carbocycles. The van der Waals surface area contributed by atoms with Crippen molar-refractivity contribution in [1.82, 2.24) is 24.6 Å². The van der Waals surface area contributed by atoms with Crippen LogP contribution in [0.5, 0.6) is 0 Å². The number of nitrogens with one attached hydrogen (secondary N) is 2. The molecule has 2 N–H and O–H groups in total. The van der Waals surface area contributed by atoms with Gasteiger partial charge in [-0.3, -0.25) is 18.8 Å². The fourth-order valence-corrected chi connectivity index (χ4v) is 7.37. The predicted molar refractivity (Wildman–Crippen MR) is 190 cm³/mol. The molecule has 1 aliphatic heterocycles. The molecule has 0 spiro atoms. The van der Waals surface area contributed by atoms with E-state index in [1.165, 1.54) is 50.4 Å². The van der Waals surface area contributed by atoms with Crippen molar-refractivity contribution < 1.29 is 30.8 Å². The molecule has 1 unspecified atom stereocenters. The molecule has 1 aliphatic rings. The minimum absolute atomic E-state index is 0.151. The number of aromatic nitrogens is 3. The van der Waals surface area contributed by atoms with Crippen molar-refractivity contribution in [2.75, 3.05) is 30.6 Å². The maximum absolute atomic E-state index is 15.2. The van der Waals surface area contributed by atoms with Crippen molar-refractivity contribution in [3.63, 3.8) is 0 Å². The second kappa shape index (κ2) is 12.1. The predicted octanol–water partition coefficient (Wildman–Crippen LogP) is 7.23. The van der Waals surface area contributed by atoms with E-state index in [9.17, 15) is 22.0 Å². The number of hydrogen-bond acceptors (Lipinski definition) is 7. The molecule has 4 aromatic heterocycles. The molecule has 8 rings (SSSR count). The van der Waals surface area contributed by atoms with Gasteiger partial charge in [0.05, 0.1) is 45.3 Å². The first-order valence-corrected chi connectivity index (χ1v) is 18.0. The molecule has 1 atom stereocenters. The van der Waals surface area contributed by atoms with E-state index in [-0.39, 0.29) is 47.5 Å². The summed E-state index contributed by atoms with van der Waals surface area (Å²) in [5.74, 6) is -0.802. The Morgan fingerprint density at radius 2 is 1.76 bits per heavy atom. The van der Waals surface area contributed by atoms with E-state index >= 15 is 4.39 Å². The third kappa shape index (κ3) is 5.45. The maximum atomic E-state index is 15.2. The fraction of sp³-hybridized carbons (Fsp3) is 0.216. The summed E-state index contributed by atoms with van der Waals surface area (Å²) in [4.78, 5) is 25.2. The third-order valence-electron chi connectivity index (χ3n) is 9.47. The van der Waals surface area contributed by atoms with Gasteiger partial charge in [-0.15, -0.1) is 0 Å². The molecular formula is C37H31F3N6O4S. The summed E-state index contributed by atoms with van der Waals surface area (Å²) < 4.78 is 79.5. The number of rotatable bonds is 8. The van der Waals surface area contributed by atoms with Crippen LogP contribution in [-0.4, -0.2) is 65.7 Å². The third-order valence-corrected chi connectivity index (χ3v) is 10.8. The molecule has 0 radical (unpaired) electrons. The van der Waals surface area contributed by atoms with Crippen LogP contribution in [0.3, 0.4) is 0 Å². The molecule has 1 fully saturated rings. The number of fused-ring (bicyclic) bond motifs is 6. The SMILES string of the molecule is CCS(=O)(=O)Nc1cc2oc(-c3ccc(F)cc3)c(C(=O)NC)c2cc1-c1ccc2nc(C(C)N3CC(F)C3)n3c4cccc(F)c4cc3c2n1. The van der Waals surface area contributed by atoms with Gasteiger partial charge in [0.2, 0.25) is 10.0 Å². The molecule has 14 heteroatoms. The van der Waals surface area contributed by atoms with Crippen LogP contribution < -0.4 is 10.0 Å². The van der Waals surface area contributed by atoms with E-state index in [4.69, 9.17) is 14.4 Å². The molecule has 10 nitrogen and oxygen atoms in total. The Kier molecular flexibility index (Phi) is 7.76. The lowest BCUT2D eigenvalue weighted by Crippen LogP contribution is -2.49. The molecule has 5 heterocycles. The topological polar surface area (TPSA) is 122 Å². The number of amides is 1. The number of hydrogen-bond donors (Lipinski definition) is 2. The van der Waals surface area contributed by atoms with Crippen LogP contribution in [0.25, 0.3) is 61.0 Å². The number of carbonyl (C=O) groups is 1. The molecule has 1 amide bonds. The van der Waals surface area contributed by atoms with Crippen LogP contribution >= 0.6 is 0 Å². The number of carbonyl (C=O) groups excluding carboxylic acids is 1. The van der Waals surface area contributed by atoms with Gasteiger partial charge in [0.15, 0.2) is 0 Å². The summed E-state index contributed by atoms with van der Waals surface area (Å²) in [5, 5.41) is 3.36. The second-order valence-electron chi connectivity index (χ2n) is 12.6. The van der Waals surface area contributed by atoms with Crippen molar-refractivity contribution in [3.05, 3.63) is 95.8 Å². The van der Waals surface area contributed by atoms with Crippen LogP contribution in [0.2, 0.25) is 0 Å². The first-order valence-electron chi connectivity index (χ1n) is 16.3. The number of furan rings is 1. The summed E-state index contributed by atoms with van der Waals surface area (Å²) in [6, 6.07) is 18.2. The first-order chi connectivity index (χ1) is 24.5. The Hall–Kier alpha value is -5.47. The molecular weight excluding hydrogens is 682 g/mol. The van der Waals surface area contributed by atoms with Crippen LogP contribution in [-0.2, 0) is 10.0 Å². The quantitative estimate of drug-likeness (QED) is 0.171. The summed E-state index contributed by atoms with van der Waals surface area (Å²) in [6.07, 6.45) is -0.922. The van der Waals surface area contributed by atoms with Crippen LogP contribution in [0.15, 0.2) is 77.2 Å². The van der Waals surface area contributed by atoms with E-state index in [0.29, 0.717) is 55.5 Å². The van der Waals surface area contributed by atoms with E-state index in [1.54, 1.807) is 36.4 Å². The molecule has 260 valence electrons. The average Bonchev–Trinajstić information content (AvgIpc) is 3.69. The van der Waals surface area contributed by atoms with Gasteiger partial charge in [-0.1, -0.05) is 6.07 Å². The van der Waals surface area contributed by atoms with Gasteiger partial charge in [0.1, 0.15) is 40.5 Å². The zero-order valence-electron chi connectivity index (χ0n) is 27.7. The Bertz CT molecular complexity index is 2650. The monoisotopic (exact) mass is 712 g/mol. The van der Waals surface area contributed by atoms with Crippen molar-refractivity contribution in [2.45, 2.75) is 26.1 Å². The highest BCUT2D eigenvalue weighted by Crippen LogP contribution is 2.41. The van der Waals surface area contributed by atoms with Gasteiger partial charge in [-0.2, -0.15) is 0 Å². The second-order valence-corrected chi connectivity index (χ2v) is 14.6. The minimum Gasteiger partial charge on any atom is -0.455 e. The Morgan fingerprint density at radius 1 is 1.00 bits per heavy atom. The number of halogens is 3. The number of anilines is 1. The normalized spacial score (nSPS) is 14.8. The number of alkyl halides is 1. The van der Waals surface area contributed by atoms with Crippen LogP contribution in [0, 0.1) is 11.6 Å². The number of benzene rings is 3. The highest BCUT2D eigenvalue weighted by atomic mass is 32.2. The fourth-order valence-electron chi connectivity index (χ4n) is 6.72. The van der Waals surface area contributed by atoms with E-state index < -0.39 is 33.7 Å². The lowest BCUT2D eigenvalue weighted by Gasteiger charge is -2.38. The molecule has 51 heavy (non-hydrogen) atoms. The first kappa shape index (κ1) is 32.7. The van der Waals surface area contributed by atoms with Crippen molar-refractivity contribution >= 4 is 60.0 Å². The smallest absolute Gasteiger partial charge is 0.255 e. The van der Waals surface area contributed by atoms with Crippen molar-refractivity contribution in [2.24, 2.45) is 0 Å². The zero-order chi connectivity index (χ0) is 35.8. The minimum atomic E-state index is -3.81. The molecule has 0 saturated carbocycles. The van der Waals surface area contributed by atoms with Gasteiger partial charge in [0, 0.05) is 48.1 Å². The van der Waals surface area contributed by atoms with E-state index in [0.717, 1.165) is 0 Å². The zero-order valence-corrected chi connectivity index (χ0v) is 28.5. The van der Waals surface area contributed by atoms with Crippen LogP contribution in [0.1, 0.15) is 36.1 Å². The summed E-state index contributed by atoms with van der Waals surface area (Å²) in [6.45, 7) is 3.97. The Morgan fingerprint density at radius 3 is 2.47 bits per heavy atom. The van der Waals surface area contributed by atoms with Gasteiger partial charge in [0.25, 0.3) is 5.91 Å².